The van der Waals surface area contributed by atoms with Gasteiger partial charge < -0.3 is 9.47 Å². The van der Waals surface area contributed by atoms with Crippen LogP contribution >= 0.6 is 11.3 Å². The van der Waals surface area contributed by atoms with E-state index >= 15 is 0 Å². The maximum atomic E-state index is 12.3. The molecule has 2 heterocycles. The normalized spacial score (nSPS) is 11.5. The summed E-state index contributed by atoms with van der Waals surface area (Å²) in [6.07, 6.45) is 1.97. The molecule has 0 aliphatic rings. The Morgan fingerprint density at radius 3 is 2.63 bits per heavy atom. The highest BCUT2D eigenvalue weighted by Gasteiger charge is 2.20. The molecule has 138 valence electrons. The zero-order valence-electron chi connectivity index (χ0n) is 14.7. The molecular weight excluding hydrogens is 366 g/mol. The quantitative estimate of drug-likeness (QED) is 0.656. The first-order chi connectivity index (χ1) is 13.1. The molecular formula is C19H17N3O4S. The van der Waals surface area contributed by atoms with Crippen LogP contribution < -0.4 is 10.1 Å². The number of pyridine rings is 1. The monoisotopic (exact) mass is 383 g/mol. The number of nitrogens with one attached hydrogen (secondary N) is 1. The number of anilines is 1. The number of methoxy groups -OCH3 is 1. The summed E-state index contributed by atoms with van der Waals surface area (Å²) in [5.41, 5.74) is 1.93. The molecule has 1 amide bonds. The predicted octanol–water partition coefficient (Wildman–Crippen LogP) is 3.40. The number of carbonyl (C=O) groups is 2. The summed E-state index contributed by atoms with van der Waals surface area (Å²) in [6.45, 7) is 1.50. The van der Waals surface area contributed by atoms with Gasteiger partial charge in [0.25, 0.3) is 5.91 Å². The third-order valence-corrected chi connectivity index (χ3v) is 4.43. The molecule has 2 aromatic heterocycles. The van der Waals surface area contributed by atoms with Crippen molar-refractivity contribution in [1.82, 2.24) is 9.97 Å². The molecule has 0 bridgehead atoms. The summed E-state index contributed by atoms with van der Waals surface area (Å²) in [5, 5.41) is 4.93. The Morgan fingerprint density at radius 2 is 1.96 bits per heavy atom. The van der Waals surface area contributed by atoms with Crippen LogP contribution in [-0.2, 0) is 9.53 Å². The summed E-state index contributed by atoms with van der Waals surface area (Å²) < 4.78 is 10.3. The van der Waals surface area contributed by atoms with E-state index in [0.717, 1.165) is 17.0 Å². The van der Waals surface area contributed by atoms with Crippen molar-refractivity contribution >= 4 is 28.3 Å². The first kappa shape index (κ1) is 18.5. The SMILES string of the molecule is COc1ccc(-c2csc(NC(=O)C(C)OC(=O)c3cccnc3)n2)cc1. The van der Waals surface area contributed by atoms with Gasteiger partial charge in [-0.3, -0.25) is 15.1 Å². The molecule has 3 aromatic rings. The van der Waals surface area contributed by atoms with Gasteiger partial charge in [-0.25, -0.2) is 9.78 Å². The van der Waals surface area contributed by atoms with Crippen molar-refractivity contribution in [2.24, 2.45) is 0 Å². The minimum absolute atomic E-state index is 0.285. The maximum Gasteiger partial charge on any atom is 0.340 e. The number of ether oxygens (including phenoxy) is 2. The van der Waals surface area contributed by atoms with Crippen LogP contribution in [0.1, 0.15) is 17.3 Å². The van der Waals surface area contributed by atoms with E-state index in [1.165, 1.54) is 24.5 Å². The average molecular weight is 383 g/mol. The first-order valence-electron chi connectivity index (χ1n) is 8.08. The number of benzene rings is 1. The molecule has 0 spiro atoms. The van der Waals surface area contributed by atoms with Gasteiger partial charge in [0.1, 0.15) is 5.75 Å². The van der Waals surface area contributed by atoms with Crippen molar-refractivity contribution in [2.75, 3.05) is 12.4 Å². The van der Waals surface area contributed by atoms with E-state index in [4.69, 9.17) is 9.47 Å². The number of rotatable bonds is 6. The largest absolute Gasteiger partial charge is 0.497 e. The van der Waals surface area contributed by atoms with E-state index in [0.29, 0.717) is 5.13 Å². The van der Waals surface area contributed by atoms with Crippen LogP contribution in [0.2, 0.25) is 0 Å². The molecule has 0 saturated heterocycles. The second-order valence-electron chi connectivity index (χ2n) is 5.54. The van der Waals surface area contributed by atoms with Gasteiger partial charge in [-0.05, 0) is 43.3 Å². The topological polar surface area (TPSA) is 90.4 Å². The third kappa shape index (κ3) is 4.68. The summed E-state index contributed by atoms with van der Waals surface area (Å²) >= 11 is 1.29. The van der Waals surface area contributed by atoms with E-state index in [-0.39, 0.29) is 5.56 Å². The molecule has 0 aliphatic heterocycles. The van der Waals surface area contributed by atoms with Gasteiger partial charge in [0.2, 0.25) is 0 Å². The third-order valence-electron chi connectivity index (χ3n) is 3.67. The zero-order chi connectivity index (χ0) is 19.2. The van der Waals surface area contributed by atoms with Gasteiger partial charge in [-0.1, -0.05) is 0 Å². The van der Waals surface area contributed by atoms with E-state index < -0.39 is 18.0 Å². The van der Waals surface area contributed by atoms with E-state index in [1.54, 1.807) is 25.4 Å². The molecule has 1 N–H and O–H groups in total. The van der Waals surface area contributed by atoms with Crippen molar-refractivity contribution in [3.63, 3.8) is 0 Å². The molecule has 1 unspecified atom stereocenters. The van der Waals surface area contributed by atoms with Crippen molar-refractivity contribution in [2.45, 2.75) is 13.0 Å². The van der Waals surface area contributed by atoms with E-state index in [1.807, 2.05) is 29.6 Å². The number of aromatic nitrogens is 2. The highest BCUT2D eigenvalue weighted by Crippen LogP contribution is 2.26. The minimum Gasteiger partial charge on any atom is -0.497 e. The first-order valence-corrected chi connectivity index (χ1v) is 8.96. The number of hydrogen-bond acceptors (Lipinski definition) is 7. The molecule has 0 fully saturated rings. The fourth-order valence-electron chi connectivity index (χ4n) is 2.20. The summed E-state index contributed by atoms with van der Waals surface area (Å²) in [7, 11) is 1.60. The molecule has 1 aromatic carbocycles. The minimum atomic E-state index is -0.967. The highest BCUT2D eigenvalue weighted by molar-refractivity contribution is 7.14. The predicted molar refractivity (Wildman–Crippen MR) is 102 cm³/mol. The summed E-state index contributed by atoms with van der Waals surface area (Å²) in [6, 6.07) is 10.6. The number of hydrogen-bond donors (Lipinski definition) is 1. The molecule has 0 saturated carbocycles. The van der Waals surface area contributed by atoms with Gasteiger partial charge >= 0.3 is 5.97 Å². The lowest BCUT2D eigenvalue weighted by atomic mass is 10.2. The summed E-state index contributed by atoms with van der Waals surface area (Å²) in [4.78, 5) is 32.5. The zero-order valence-corrected chi connectivity index (χ0v) is 15.5. The van der Waals surface area contributed by atoms with Gasteiger partial charge in [-0.15, -0.1) is 11.3 Å². The van der Waals surface area contributed by atoms with Gasteiger partial charge in [0.15, 0.2) is 11.2 Å². The van der Waals surface area contributed by atoms with Gasteiger partial charge in [-0.2, -0.15) is 0 Å². The van der Waals surface area contributed by atoms with Crippen LogP contribution in [0.3, 0.4) is 0 Å². The van der Waals surface area contributed by atoms with Crippen LogP contribution in [0.5, 0.6) is 5.75 Å². The number of amides is 1. The Hall–Kier alpha value is -3.26. The van der Waals surface area contributed by atoms with Crippen LogP contribution in [0, 0.1) is 0 Å². The Bertz CT molecular complexity index is 926. The average Bonchev–Trinajstić information content (AvgIpc) is 3.17. The second-order valence-corrected chi connectivity index (χ2v) is 6.40. The fraction of sp³-hybridized carbons (Fsp3) is 0.158. The van der Waals surface area contributed by atoms with Crippen LogP contribution in [0.15, 0.2) is 54.2 Å². The van der Waals surface area contributed by atoms with E-state index in [2.05, 4.69) is 15.3 Å². The molecule has 27 heavy (non-hydrogen) atoms. The van der Waals surface area contributed by atoms with Crippen molar-refractivity contribution in [1.29, 1.82) is 0 Å². The highest BCUT2D eigenvalue weighted by atomic mass is 32.1. The lowest BCUT2D eigenvalue weighted by Crippen LogP contribution is -2.30. The molecule has 1 atom stereocenters. The number of thiazole rings is 1. The van der Waals surface area contributed by atoms with Crippen molar-refractivity contribution < 1.29 is 19.1 Å². The van der Waals surface area contributed by atoms with Gasteiger partial charge in [0.05, 0.1) is 18.4 Å². The fourth-order valence-corrected chi connectivity index (χ4v) is 2.92. The summed E-state index contributed by atoms with van der Waals surface area (Å²) in [5.74, 6) is -0.307. The standard InChI is InChI=1S/C19H17N3O4S/c1-12(26-18(24)14-4-3-9-20-10-14)17(23)22-19-21-16(11-27-19)13-5-7-15(25-2)8-6-13/h3-12H,1-2H3,(H,21,22,23). The lowest BCUT2D eigenvalue weighted by Gasteiger charge is -2.12. The number of esters is 1. The Kier molecular flexibility index (Phi) is 5.77. The van der Waals surface area contributed by atoms with Crippen LogP contribution in [0.4, 0.5) is 5.13 Å². The van der Waals surface area contributed by atoms with Crippen molar-refractivity contribution in [3.8, 4) is 17.0 Å². The van der Waals surface area contributed by atoms with Gasteiger partial charge in [0, 0.05) is 23.3 Å². The Labute approximate surface area is 160 Å². The Balaban J connectivity index is 1.60. The van der Waals surface area contributed by atoms with Crippen LogP contribution in [0.25, 0.3) is 11.3 Å². The Morgan fingerprint density at radius 1 is 1.19 bits per heavy atom. The lowest BCUT2D eigenvalue weighted by molar-refractivity contribution is -0.123. The van der Waals surface area contributed by atoms with Crippen molar-refractivity contribution in [3.05, 3.63) is 59.7 Å². The number of carbonyl (C=O) groups excluding carboxylic acids is 2. The molecule has 0 radical (unpaired) electrons. The second kappa shape index (κ2) is 8.41. The molecule has 0 aliphatic carbocycles. The van der Waals surface area contributed by atoms with E-state index in [9.17, 15) is 9.59 Å². The maximum absolute atomic E-state index is 12.3. The molecule has 8 heteroatoms. The van der Waals surface area contributed by atoms with Crippen LogP contribution in [-0.4, -0.2) is 35.1 Å². The number of nitrogens with zero attached hydrogens (tertiary/aromatic N) is 2. The smallest absolute Gasteiger partial charge is 0.340 e. The molecule has 7 nitrogen and oxygen atoms in total. The molecule has 3 rings (SSSR count).